The van der Waals surface area contributed by atoms with Crippen LogP contribution >= 0.6 is 27.5 Å². The molecule has 0 saturated carbocycles. The summed E-state index contributed by atoms with van der Waals surface area (Å²) in [6.45, 7) is 7.20. The molecule has 1 N–H and O–H groups in total. The van der Waals surface area contributed by atoms with E-state index in [4.69, 9.17) is 11.6 Å². The smallest absolute Gasteiger partial charge is 0.242 e. The highest BCUT2D eigenvalue weighted by atomic mass is 79.9. The number of hydrogen-bond donors (Lipinski definition) is 1. The Bertz CT molecular complexity index is 573. The summed E-state index contributed by atoms with van der Waals surface area (Å²) in [6, 6.07) is 0. The van der Waals surface area contributed by atoms with E-state index in [0.29, 0.717) is 16.5 Å². The second kappa shape index (κ2) is 6.47. The molecule has 0 aliphatic carbocycles. The summed E-state index contributed by atoms with van der Waals surface area (Å²) in [4.78, 5) is 3.92. The number of allylic oxidation sites excluding steroid dienone is 1. The van der Waals surface area contributed by atoms with Crippen LogP contribution < -0.4 is 4.72 Å². The van der Waals surface area contributed by atoms with E-state index in [1.54, 1.807) is 6.08 Å². The number of halogens is 2. The predicted octanol–water partition coefficient (Wildman–Crippen LogP) is 2.69. The lowest BCUT2D eigenvalue weighted by Gasteiger charge is -2.11. The van der Waals surface area contributed by atoms with Crippen LogP contribution in [0.5, 0.6) is 0 Å². The van der Waals surface area contributed by atoms with Crippen molar-refractivity contribution in [1.82, 2.24) is 9.71 Å². The van der Waals surface area contributed by atoms with E-state index in [1.165, 1.54) is 12.3 Å². The molecule has 0 unspecified atom stereocenters. The Hall–Kier alpha value is -0.690. The second-order valence-electron chi connectivity index (χ2n) is 3.34. The standard InChI is InChI=1S/C11H12BrClN2O2S/c1-3-5-8-9(7-14-11(13)10(8)12)18(16,17)15-6-4-2/h3-4,7,15H,1-2,5-6H2. The van der Waals surface area contributed by atoms with Gasteiger partial charge >= 0.3 is 0 Å². The number of nitrogens with one attached hydrogen (secondary N) is 1. The molecule has 7 heteroatoms. The molecule has 0 fully saturated rings. The molecule has 4 nitrogen and oxygen atoms in total. The summed E-state index contributed by atoms with van der Waals surface area (Å²) in [5, 5.41) is 0.217. The maximum Gasteiger partial charge on any atom is 0.242 e. The summed E-state index contributed by atoms with van der Waals surface area (Å²) >= 11 is 9.09. The minimum Gasteiger partial charge on any atom is -0.242 e. The summed E-state index contributed by atoms with van der Waals surface area (Å²) in [5.41, 5.74) is 0.529. The van der Waals surface area contributed by atoms with E-state index < -0.39 is 10.0 Å². The van der Waals surface area contributed by atoms with Gasteiger partial charge in [0.1, 0.15) is 10.0 Å². The molecule has 0 aliphatic heterocycles. The molecule has 98 valence electrons. The number of sulfonamides is 1. The molecule has 1 heterocycles. The van der Waals surface area contributed by atoms with Crippen molar-refractivity contribution < 1.29 is 8.42 Å². The van der Waals surface area contributed by atoms with E-state index in [0.717, 1.165) is 0 Å². The van der Waals surface area contributed by atoms with Crippen molar-refractivity contribution in [3.8, 4) is 0 Å². The highest BCUT2D eigenvalue weighted by Gasteiger charge is 2.21. The van der Waals surface area contributed by atoms with E-state index in [2.05, 4.69) is 38.8 Å². The van der Waals surface area contributed by atoms with Crippen LogP contribution in [0, 0.1) is 0 Å². The van der Waals surface area contributed by atoms with Gasteiger partial charge in [-0.05, 0) is 27.9 Å². The van der Waals surface area contributed by atoms with Crippen molar-refractivity contribution in [3.05, 3.63) is 46.7 Å². The highest BCUT2D eigenvalue weighted by molar-refractivity contribution is 9.10. The second-order valence-corrected chi connectivity index (χ2v) is 6.23. The summed E-state index contributed by atoms with van der Waals surface area (Å²) in [6.07, 6.45) is 4.66. The van der Waals surface area contributed by atoms with Gasteiger partial charge in [0.15, 0.2) is 0 Å². The van der Waals surface area contributed by atoms with Crippen LogP contribution in [0.25, 0.3) is 0 Å². The lowest BCUT2D eigenvalue weighted by Crippen LogP contribution is -2.25. The van der Waals surface area contributed by atoms with Gasteiger partial charge in [0.05, 0.1) is 4.47 Å². The molecule has 0 saturated heterocycles. The summed E-state index contributed by atoms with van der Waals surface area (Å²) < 4.78 is 27.0. The fourth-order valence-electron chi connectivity index (χ4n) is 1.30. The van der Waals surface area contributed by atoms with Gasteiger partial charge in [0.2, 0.25) is 10.0 Å². The van der Waals surface area contributed by atoms with Crippen LogP contribution in [-0.2, 0) is 16.4 Å². The van der Waals surface area contributed by atoms with E-state index in [-0.39, 0.29) is 16.6 Å². The van der Waals surface area contributed by atoms with Crippen molar-refractivity contribution >= 4 is 37.6 Å². The SMILES string of the molecule is C=CCNS(=O)(=O)c1cnc(Cl)c(Br)c1CC=C. The molecule has 0 radical (unpaired) electrons. The Morgan fingerprint density at radius 2 is 2.11 bits per heavy atom. The first-order valence-corrected chi connectivity index (χ1v) is 7.63. The molecule has 0 atom stereocenters. The third-order valence-corrected chi connectivity index (χ3v) is 4.94. The van der Waals surface area contributed by atoms with Gasteiger partial charge in [-0.1, -0.05) is 23.8 Å². The van der Waals surface area contributed by atoms with Gasteiger partial charge < -0.3 is 0 Å². The highest BCUT2D eigenvalue weighted by Crippen LogP contribution is 2.29. The molecule has 0 amide bonds. The maximum atomic E-state index is 12.1. The minimum absolute atomic E-state index is 0.0838. The quantitative estimate of drug-likeness (QED) is 0.633. The molecular weight excluding hydrogens is 340 g/mol. The first-order chi connectivity index (χ1) is 8.44. The molecule has 1 rings (SSSR count). The molecule has 1 aromatic heterocycles. The van der Waals surface area contributed by atoms with Crippen LogP contribution in [0.3, 0.4) is 0 Å². The molecule has 1 aromatic rings. The zero-order chi connectivity index (χ0) is 13.8. The van der Waals surface area contributed by atoms with E-state index in [1.807, 2.05) is 0 Å². The van der Waals surface area contributed by atoms with Crippen molar-refractivity contribution in [2.75, 3.05) is 6.54 Å². The van der Waals surface area contributed by atoms with Gasteiger partial charge in [0, 0.05) is 12.7 Å². The van der Waals surface area contributed by atoms with Crippen molar-refractivity contribution in [2.24, 2.45) is 0 Å². The van der Waals surface area contributed by atoms with Gasteiger partial charge in [-0.15, -0.1) is 13.2 Å². The van der Waals surface area contributed by atoms with Gasteiger partial charge in [-0.2, -0.15) is 0 Å². The van der Waals surface area contributed by atoms with Crippen LogP contribution in [-0.4, -0.2) is 19.9 Å². The fraction of sp³-hybridized carbons (Fsp3) is 0.182. The Morgan fingerprint density at radius 1 is 1.44 bits per heavy atom. The van der Waals surface area contributed by atoms with Crippen LogP contribution in [0.15, 0.2) is 40.9 Å². The van der Waals surface area contributed by atoms with Crippen molar-refractivity contribution in [3.63, 3.8) is 0 Å². The number of nitrogens with zero attached hydrogens (tertiary/aromatic N) is 1. The first-order valence-electron chi connectivity index (χ1n) is 4.98. The number of hydrogen-bond acceptors (Lipinski definition) is 3. The van der Waals surface area contributed by atoms with Crippen LogP contribution in [0.1, 0.15) is 5.56 Å². The van der Waals surface area contributed by atoms with Crippen LogP contribution in [0.2, 0.25) is 5.15 Å². The van der Waals surface area contributed by atoms with Gasteiger partial charge in [0.25, 0.3) is 0 Å². The monoisotopic (exact) mass is 350 g/mol. The fourth-order valence-corrected chi connectivity index (χ4v) is 3.26. The Morgan fingerprint density at radius 3 is 2.67 bits per heavy atom. The lowest BCUT2D eigenvalue weighted by atomic mass is 10.2. The van der Waals surface area contributed by atoms with Crippen LogP contribution in [0.4, 0.5) is 0 Å². The lowest BCUT2D eigenvalue weighted by molar-refractivity contribution is 0.584. The number of aromatic nitrogens is 1. The van der Waals surface area contributed by atoms with E-state index in [9.17, 15) is 8.42 Å². The normalized spacial score (nSPS) is 11.2. The Labute approximate surface area is 120 Å². The molecule has 0 aromatic carbocycles. The molecular formula is C11H12BrClN2O2S. The average molecular weight is 352 g/mol. The molecule has 0 bridgehead atoms. The zero-order valence-corrected chi connectivity index (χ0v) is 12.6. The minimum atomic E-state index is -3.63. The average Bonchev–Trinajstić information content (AvgIpc) is 2.32. The van der Waals surface area contributed by atoms with Crippen molar-refractivity contribution in [2.45, 2.75) is 11.3 Å². The van der Waals surface area contributed by atoms with Gasteiger partial charge in [-0.3, -0.25) is 0 Å². The zero-order valence-electron chi connectivity index (χ0n) is 9.49. The first kappa shape index (κ1) is 15.4. The predicted molar refractivity (Wildman–Crippen MR) is 76.2 cm³/mol. The molecule has 18 heavy (non-hydrogen) atoms. The summed E-state index contributed by atoms with van der Waals surface area (Å²) in [5.74, 6) is 0. The number of pyridine rings is 1. The third kappa shape index (κ3) is 3.41. The van der Waals surface area contributed by atoms with Gasteiger partial charge in [-0.25, -0.2) is 18.1 Å². The molecule has 0 aliphatic rings. The Balaban J connectivity index is 3.35. The van der Waals surface area contributed by atoms with Crippen molar-refractivity contribution in [1.29, 1.82) is 0 Å². The summed E-state index contributed by atoms with van der Waals surface area (Å²) in [7, 11) is -3.63. The Kier molecular flexibility index (Phi) is 5.52. The maximum absolute atomic E-state index is 12.1. The third-order valence-electron chi connectivity index (χ3n) is 2.09. The van der Waals surface area contributed by atoms with E-state index >= 15 is 0 Å². The topological polar surface area (TPSA) is 59.1 Å². The number of rotatable bonds is 6. The molecule has 0 spiro atoms. The largest absolute Gasteiger partial charge is 0.242 e.